The number of carbonyl (C=O) groups excluding carboxylic acids is 1. The Bertz CT molecular complexity index is 1330. The molecule has 2 aliphatic heterocycles. The van der Waals surface area contributed by atoms with Gasteiger partial charge in [-0.05, 0) is 50.1 Å². The molecule has 1 aromatic heterocycles. The van der Waals surface area contributed by atoms with Crippen LogP contribution in [0.15, 0.2) is 46.1 Å². The third kappa shape index (κ3) is 4.95. The predicted molar refractivity (Wildman–Crippen MR) is 140 cm³/mol. The fourth-order valence-corrected chi connectivity index (χ4v) is 5.28. The number of rotatable bonds is 5. The van der Waals surface area contributed by atoms with Gasteiger partial charge in [0.05, 0.1) is 23.7 Å². The molecule has 9 heteroatoms. The molecule has 0 radical (unpaired) electrons. The minimum absolute atomic E-state index is 0.0138. The quantitative estimate of drug-likeness (QED) is 0.527. The zero-order chi connectivity index (χ0) is 25.2. The number of benzene rings is 2. The number of piperidine rings is 1. The summed E-state index contributed by atoms with van der Waals surface area (Å²) < 4.78 is 18.8. The fraction of sp³-hybridized carbons (Fsp3) is 0.444. The summed E-state index contributed by atoms with van der Waals surface area (Å²) in [5, 5.41) is 0.498. The van der Waals surface area contributed by atoms with Crippen LogP contribution in [0.3, 0.4) is 0 Å². The van der Waals surface area contributed by atoms with Crippen LogP contribution in [0.2, 0.25) is 0 Å². The molecule has 0 aliphatic carbocycles. The maximum atomic E-state index is 13.3. The number of carbonyl (C=O) groups is 1. The van der Waals surface area contributed by atoms with Crippen molar-refractivity contribution in [3.05, 3.63) is 52.6 Å². The summed E-state index contributed by atoms with van der Waals surface area (Å²) >= 11 is 4.37. The number of thiol groups is 1. The second kappa shape index (κ2) is 10.5. The van der Waals surface area contributed by atoms with E-state index in [0.29, 0.717) is 65.1 Å². The molecule has 36 heavy (non-hydrogen) atoms. The number of hydrogen-bond acceptors (Lipinski definition) is 7. The number of ether oxygens (including phenoxy) is 3. The van der Waals surface area contributed by atoms with Crippen LogP contribution in [0.1, 0.15) is 31.5 Å². The lowest BCUT2D eigenvalue weighted by atomic mass is 9.97. The van der Waals surface area contributed by atoms with Gasteiger partial charge in [-0.1, -0.05) is 0 Å². The number of fused-ring (bicyclic) bond motifs is 1. The minimum atomic E-state index is -0.179. The molecule has 0 N–H and O–H groups in total. The predicted octanol–water partition coefficient (Wildman–Crippen LogP) is 3.79. The number of aryl methyl sites for hydroxylation is 1. The first-order valence-corrected chi connectivity index (χ1v) is 12.8. The fourth-order valence-electron chi connectivity index (χ4n) is 5.07. The van der Waals surface area contributed by atoms with E-state index in [0.717, 1.165) is 25.7 Å². The van der Waals surface area contributed by atoms with Gasteiger partial charge in [-0.15, -0.1) is 12.6 Å². The number of likely N-dealkylation sites (tertiary alicyclic amines) is 1. The van der Waals surface area contributed by atoms with Gasteiger partial charge in [0.1, 0.15) is 23.4 Å². The zero-order valence-electron chi connectivity index (χ0n) is 20.6. The number of nitrogens with zero attached hydrogens (tertiary/aromatic N) is 3. The van der Waals surface area contributed by atoms with Gasteiger partial charge < -0.3 is 19.1 Å². The standard InChI is InChI=1S/C27H31N3O5S/c1-17-28-23-5-4-21(36)16-22(23)27(32)30(17)24-6-3-20(15-25(24)33-2)35-19-7-11-29(12-8-19)26(31)18-9-13-34-14-10-18/h3-6,15-16,18-19,36H,7-14H2,1-2H3. The van der Waals surface area contributed by atoms with Crippen molar-refractivity contribution in [1.29, 1.82) is 0 Å². The van der Waals surface area contributed by atoms with E-state index in [1.165, 1.54) is 0 Å². The third-order valence-electron chi connectivity index (χ3n) is 7.04. The molecule has 0 spiro atoms. The van der Waals surface area contributed by atoms with Crippen molar-refractivity contribution in [2.24, 2.45) is 5.92 Å². The van der Waals surface area contributed by atoms with E-state index in [9.17, 15) is 9.59 Å². The average Bonchev–Trinajstić information content (AvgIpc) is 2.90. The van der Waals surface area contributed by atoms with E-state index >= 15 is 0 Å². The number of methoxy groups -OCH3 is 1. The maximum absolute atomic E-state index is 13.3. The highest BCUT2D eigenvalue weighted by atomic mass is 32.1. The number of hydrogen-bond donors (Lipinski definition) is 1. The molecule has 0 bridgehead atoms. The molecule has 3 aromatic rings. The summed E-state index contributed by atoms with van der Waals surface area (Å²) in [7, 11) is 1.57. The topological polar surface area (TPSA) is 82.9 Å². The second-order valence-corrected chi connectivity index (χ2v) is 9.88. The molecule has 3 heterocycles. The summed E-state index contributed by atoms with van der Waals surface area (Å²) in [5.74, 6) is 2.09. The van der Waals surface area contributed by atoms with E-state index < -0.39 is 0 Å². The van der Waals surface area contributed by atoms with Gasteiger partial charge in [0, 0.05) is 56.0 Å². The van der Waals surface area contributed by atoms with Crippen LogP contribution in [-0.2, 0) is 9.53 Å². The smallest absolute Gasteiger partial charge is 0.266 e. The summed E-state index contributed by atoms with van der Waals surface area (Å²) in [6.45, 7) is 4.53. The molecule has 1 amide bonds. The maximum Gasteiger partial charge on any atom is 0.266 e. The van der Waals surface area contributed by atoms with Crippen molar-refractivity contribution >= 4 is 29.4 Å². The molecular weight excluding hydrogens is 478 g/mol. The largest absolute Gasteiger partial charge is 0.494 e. The van der Waals surface area contributed by atoms with Gasteiger partial charge in [-0.3, -0.25) is 14.2 Å². The van der Waals surface area contributed by atoms with Crippen molar-refractivity contribution in [2.75, 3.05) is 33.4 Å². The highest BCUT2D eigenvalue weighted by molar-refractivity contribution is 7.80. The van der Waals surface area contributed by atoms with Crippen LogP contribution < -0.4 is 15.0 Å². The van der Waals surface area contributed by atoms with Gasteiger partial charge in [0.2, 0.25) is 5.91 Å². The number of aromatic nitrogens is 2. The van der Waals surface area contributed by atoms with Crippen LogP contribution in [0.25, 0.3) is 16.6 Å². The van der Waals surface area contributed by atoms with Crippen LogP contribution in [-0.4, -0.2) is 59.9 Å². The van der Waals surface area contributed by atoms with E-state index in [-0.39, 0.29) is 23.5 Å². The molecule has 0 atom stereocenters. The molecule has 0 unspecified atom stereocenters. The van der Waals surface area contributed by atoms with E-state index in [2.05, 4.69) is 17.6 Å². The second-order valence-electron chi connectivity index (χ2n) is 9.36. The molecule has 5 rings (SSSR count). The van der Waals surface area contributed by atoms with Gasteiger partial charge in [0.15, 0.2) is 0 Å². The molecule has 2 saturated heterocycles. The van der Waals surface area contributed by atoms with Crippen LogP contribution in [0.4, 0.5) is 0 Å². The first kappa shape index (κ1) is 24.6. The highest BCUT2D eigenvalue weighted by Gasteiger charge is 2.30. The number of amides is 1. The molecule has 2 aliphatic rings. The normalized spacial score (nSPS) is 17.4. The Labute approximate surface area is 215 Å². The van der Waals surface area contributed by atoms with E-state index in [4.69, 9.17) is 14.2 Å². The summed E-state index contributed by atoms with van der Waals surface area (Å²) in [6.07, 6.45) is 3.19. The van der Waals surface area contributed by atoms with Crippen LogP contribution in [0.5, 0.6) is 11.5 Å². The summed E-state index contributed by atoms with van der Waals surface area (Å²) in [6, 6.07) is 10.8. The molecule has 190 valence electrons. The Morgan fingerprint density at radius 3 is 2.56 bits per heavy atom. The third-order valence-corrected chi connectivity index (χ3v) is 7.32. The Hall–Kier alpha value is -3.04. The monoisotopic (exact) mass is 509 g/mol. The van der Waals surface area contributed by atoms with Crippen LogP contribution >= 0.6 is 12.6 Å². The SMILES string of the molecule is COc1cc(OC2CCN(C(=O)C3CCOCC3)CC2)ccc1-n1c(C)nc2ccc(S)cc2c1=O. The van der Waals surface area contributed by atoms with Gasteiger partial charge in [0.25, 0.3) is 5.56 Å². The Morgan fingerprint density at radius 2 is 1.83 bits per heavy atom. The van der Waals surface area contributed by atoms with E-state index in [1.807, 2.05) is 23.1 Å². The van der Waals surface area contributed by atoms with Crippen molar-refractivity contribution in [3.63, 3.8) is 0 Å². The van der Waals surface area contributed by atoms with Crippen molar-refractivity contribution < 1.29 is 19.0 Å². The van der Waals surface area contributed by atoms with Gasteiger partial charge >= 0.3 is 0 Å². The molecular formula is C27H31N3O5S. The Balaban J connectivity index is 1.31. The van der Waals surface area contributed by atoms with Crippen molar-refractivity contribution in [1.82, 2.24) is 14.5 Å². The van der Waals surface area contributed by atoms with Gasteiger partial charge in [-0.2, -0.15) is 0 Å². The highest BCUT2D eigenvalue weighted by Crippen LogP contribution is 2.30. The average molecular weight is 510 g/mol. The van der Waals surface area contributed by atoms with Crippen LogP contribution in [0, 0.1) is 12.8 Å². The van der Waals surface area contributed by atoms with Crippen molar-refractivity contribution in [3.8, 4) is 17.2 Å². The van der Waals surface area contributed by atoms with E-state index in [1.54, 1.807) is 36.8 Å². The molecule has 0 saturated carbocycles. The zero-order valence-corrected chi connectivity index (χ0v) is 21.5. The summed E-state index contributed by atoms with van der Waals surface area (Å²) in [4.78, 5) is 33.4. The first-order valence-electron chi connectivity index (χ1n) is 12.4. The summed E-state index contributed by atoms with van der Waals surface area (Å²) in [5.41, 5.74) is 1.05. The minimum Gasteiger partial charge on any atom is -0.494 e. The molecule has 8 nitrogen and oxygen atoms in total. The molecule has 2 fully saturated rings. The lowest BCUT2D eigenvalue weighted by Crippen LogP contribution is -2.45. The van der Waals surface area contributed by atoms with Crippen molar-refractivity contribution in [2.45, 2.75) is 43.6 Å². The first-order chi connectivity index (χ1) is 17.4. The Kier molecular flexibility index (Phi) is 7.20. The lowest BCUT2D eigenvalue weighted by Gasteiger charge is -2.35. The van der Waals surface area contributed by atoms with Gasteiger partial charge in [-0.25, -0.2) is 4.98 Å². The lowest BCUT2D eigenvalue weighted by molar-refractivity contribution is -0.140. The Morgan fingerprint density at radius 1 is 1.08 bits per heavy atom. The molecule has 2 aromatic carbocycles.